The predicted molar refractivity (Wildman–Crippen MR) is 104 cm³/mol. The minimum absolute atomic E-state index is 0.00182. The van der Waals surface area contributed by atoms with E-state index < -0.39 is 47.7 Å². The molecular weight excluding hydrogens is 390 g/mol. The van der Waals surface area contributed by atoms with Gasteiger partial charge in [0.2, 0.25) is 23.6 Å². The third-order valence-electron chi connectivity index (χ3n) is 3.65. The fourth-order valence-electron chi connectivity index (χ4n) is 2.24. The highest BCUT2D eigenvalue weighted by molar-refractivity contribution is 7.80. The standard InChI is InChI=1S/C16H29N5O6S/c1-8(2)5-10(21-15(25)11(7-28)19-13(23)6-17)14(24)20-9(16(26)27)3-4-12(18)22/h8-11,28H,3-7,17H2,1-2H3,(H2,18,22)(H,19,23)(H,20,24)(H,21,25)(H,26,27). The Hall–Kier alpha value is -2.34. The topological polar surface area (TPSA) is 194 Å². The quantitative estimate of drug-likeness (QED) is 0.163. The van der Waals surface area contributed by atoms with Crippen LogP contribution in [0.25, 0.3) is 0 Å². The van der Waals surface area contributed by atoms with E-state index in [4.69, 9.17) is 11.5 Å². The summed E-state index contributed by atoms with van der Waals surface area (Å²) in [7, 11) is 0. The molecule has 0 fully saturated rings. The summed E-state index contributed by atoms with van der Waals surface area (Å²) in [6.07, 6.45) is -0.167. The van der Waals surface area contributed by atoms with Crippen LogP contribution in [0.1, 0.15) is 33.1 Å². The van der Waals surface area contributed by atoms with Crippen molar-refractivity contribution in [3.05, 3.63) is 0 Å². The summed E-state index contributed by atoms with van der Waals surface area (Å²) in [6.45, 7) is 3.33. The van der Waals surface area contributed by atoms with Crippen molar-refractivity contribution in [1.29, 1.82) is 0 Å². The summed E-state index contributed by atoms with van der Waals surface area (Å²) < 4.78 is 0. The molecule has 0 saturated heterocycles. The number of aliphatic carboxylic acids is 1. The number of nitrogens with two attached hydrogens (primary N) is 2. The molecule has 0 aliphatic heterocycles. The Bertz CT molecular complexity index is 586. The lowest BCUT2D eigenvalue weighted by Crippen LogP contribution is -2.57. The summed E-state index contributed by atoms with van der Waals surface area (Å²) >= 11 is 4.00. The molecule has 0 saturated carbocycles. The van der Waals surface area contributed by atoms with Gasteiger partial charge in [0.25, 0.3) is 0 Å². The average Bonchev–Trinajstić information content (AvgIpc) is 2.60. The van der Waals surface area contributed by atoms with Crippen LogP contribution in [-0.4, -0.2) is 65.1 Å². The van der Waals surface area contributed by atoms with Crippen molar-refractivity contribution in [3.63, 3.8) is 0 Å². The minimum Gasteiger partial charge on any atom is -0.480 e. The third kappa shape index (κ3) is 10.1. The zero-order valence-corrected chi connectivity index (χ0v) is 16.8. The molecule has 0 aromatic heterocycles. The molecule has 0 aliphatic carbocycles. The zero-order valence-electron chi connectivity index (χ0n) is 15.9. The van der Waals surface area contributed by atoms with Gasteiger partial charge in [0.05, 0.1) is 6.54 Å². The van der Waals surface area contributed by atoms with Gasteiger partial charge in [-0.1, -0.05) is 13.8 Å². The second-order valence-corrected chi connectivity index (χ2v) is 6.97. The molecule has 0 radical (unpaired) electrons. The van der Waals surface area contributed by atoms with Crippen molar-refractivity contribution in [1.82, 2.24) is 16.0 Å². The number of carbonyl (C=O) groups is 5. The van der Waals surface area contributed by atoms with Crippen LogP contribution in [0, 0.1) is 5.92 Å². The number of amides is 4. The van der Waals surface area contributed by atoms with Crippen LogP contribution in [0.15, 0.2) is 0 Å². The number of thiol groups is 1. The Morgan fingerprint density at radius 2 is 1.50 bits per heavy atom. The maximum absolute atomic E-state index is 12.5. The van der Waals surface area contributed by atoms with Crippen LogP contribution in [0.3, 0.4) is 0 Å². The highest BCUT2D eigenvalue weighted by atomic mass is 32.1. The molecule has 0 rings (SSSR count). The molecule has 0 aromatic carbocycles. The van der Waals surface area contributed by atoms with Gasteiger partial charge in [-0.05, 0) is 18.8 Å². The van der Waals surface area contributed by atoms with Gasteiger partial charge in [0, 0.05) is 12.2 Å². The molecule has 0 spiro atoms. The molecule has 4 amide bonds. The monoisotopic (exact) mass is 419 g/mol. The first-order chi connectivity index (χ1) is 13.0. The normalized spacial score (nSPS) is 13.9. The summed E-state index contributed by atoms with van der Waals surface area (Å²) in [4.78, 5) is 58.5. The lowest BCUT2D eigenvalue weighted by Gasteiger charge is -2.25. The Balaban J connectivity index is 5.18. The predicted octanol–water partition coefficient (Wildman–Crippen LogP) is -2.27. The molecule has 0 bridgehead atoms. The fourth-order valence-corrected chi connectivity index (χ4v) is 2.50. The third-order valence-corrected chi connectivity index (χ3v) is 4.02. The van der Waals surface area contributed by atoms with Crippen LogP contribution in [0.4, 0.5) is 0 Å². The van der Waals surface area contributed by atoms with E-state index in [1.54, 1.807) is 0 Å². The maximum Gasteiger partial charge on any atom is 0.326 e. The van der Waals surface area contributed by atoms with Crippen molar-refractivity contribution in [3.8, 4) is 0 Å². The number of hydrogen-bond donors (Lipinski definition) is 7. The minimum atomic E-state index is -1.33. The largest absolute Gasteiger partial charge is 0.480 e. The van der Waals surface area contributed by atoms with Crippen LogP contribution >= 0.6 is 12.6 Å². The molecule has 3 unspecified atom stereocenters. The smallest absolute Gasteiger partial charge is 0.326 e. The Labute approximate surface area is 168 Å². The molecular formula is C16H29N5O6S. The van der Waals surface area contributed by atoms with Gasteiger partial charge in [-0.2, -0.15) is 12.6 Å². The number of carboxylic acids is 1. The van der Waals surface area contributed by atoms with Gasteiger partial charge in [-0.25, -0.2) is 4.79 Å². The van der Waals surface area contributed by atoms with Crippen molar-refractivity contribution in [2.75, 3.05) is 12.3 Å². The first-order valence-corrected chi connectivity index (χ1v) is 9.37. The Kier molecular flexibility index (Phi) is 11.9. The van der Waals surface area contributed by atoms with E-state index in [1.807, 2.05) is 13.8 Å². The number of carboxylic acid groups (broad SMARTS) is 1. The van der Waals surface area contributed by atoms with E-state index in [9.17, 15) is 29.1 Å². The van der Waals surface area contributed by atoms with Gasteiger partial charge in [-0.15, -0.1) is 0 Å². The van der Waals surface area contributed by atoms with Crippen molar-refractivity contribution in [2.24, 2.45) is 17.4 Å². The van der Waals surface area contributed by atoms with E-state index in [1.165, 1.54) is 0 Å². The molecule has 0 heterocycles. The van der Waals surface area contributed by atoms with Crippen LogP contribution in [-0.2, 0) is 24.0 Å². The van der Waals surface area contributed by atoms with Gasteiger partial charge >= 0.3 is 5.97 Å². The van der Waals surface area contributed by atoms with Crippen LogP contribution in [0.2, 0.25) is 0 Å². The van der Waals surface area contributed by atoms with Crippen LogP contribution in [0.5, 0.6) is 0 Å². The number of nitrogens with one attached hydrogen (secondary N) is 3. The average molecular weight is 420 g/mol. The van der Waals surface area contributed by atoms with E-state index in [0.717, 1.165) is 0 Å². The number of rotatable bonds is 13. The Morgan fingerprint density at radius 3 is 1.93 bits per heavy atom. The van der Waals surface area contributed by atoms with E-state index in [0.29, 0.717) is 0 Å². The lowest BCUT2D eigenvalue weighted by atomic mass is 10.0. The summed E-state index contributed by atoms with van der Waals surface area (Å²) in [5.41, 5.74) is 10.2. The zero-order chi connectivity index (χ0) is 21.9. The second kappa shape index (κ2) is 12.9. The van der Waals surface area contributed by atoms with Gasteiger partial charge in [0.1, 0.15) is 18.1 Å². The number of carbonyl (C=O) groups excluding carboxylic acids is 4. The summed E-state index contributed by atoms with van der Waals surface area (Å²) in [5.74, 6) is -3.98. The van der Waals surface area contributed by atoms with E-state index in [2.05, 4.69) is 28.6 Å². The fraction of sp³-hybridized carbons (Fsp3) is 0.688. The van der Waals surface area contributed by atoms with Crippen molar-refractivity contribution < 1.29 is 29.1 Å². The Morgan fingerprint density at radius 1 is 0.964 bits per heavy atom. The molecule has 28 heavy (non-hydrogen) atoms. The van der Waals surface area contributed by atoms with Gasteiger partial charge in [-0.3, -0.25) is 19.2 Å². The number of primary amides is 1. The first kappa shape index (κ1) is 25.7. The molecule has 0 aliphatic rings. The number of hydrogen-bond acceptors (Lipinski definition) is 7. The molecule has 0 aromatic rings. The summed E-state index contributed by atoms with van der Waals surface area (Å²) in [5, 5.41) is 16.4. The maximum atomic E-state index is 12.5. The molecule has 160 valence electrons. The van der Waals surface area contributed by atoms with Crippen LogP contribution < -0.4 is 27.4 Å². The van der Waals surface area contributed by atoms with E-state index in [-0.39, 0.29) is 37.5 Å². The first-order valence-electron chi connectivity index (χ1n) is 8.73. The molecule has 11 nitrogen and oxygen atoms in total. The van der Waals surface area contributed by atoms with E-state index >= 15 is 0 Å². The molecule has 3 atom stereocenters. The SMILES string of the molecule is CC(C)CC(NC(=O)C(CS)NC(=O)CN)C(=O)NC(CCC(N)=O)C(=O)O. The van der Waals surface area contributed by atoms with Crippen molar-refractivity contribution in [2.45, 2.75) is 51.2 Å². The second-order valence-electron chi connectivity index (χ2n) is 6.60. The molecule has 12 heteroatoms. The van der Waals surface area contributed by atoms with Gasteiger partial charge < -0.3 is 32.5 Å². The summed E-state index contributed by atoms with van der Waals surface area (Å²) in [6, 6.07) is -3.38. The molecule has 8 N–H and O–H groups in total. The highest BCUT2D eigenvalue weighted by Gasteiger charge is 2.29. The van der Waals surface area contributed by atoms with Crippen molar-refractivity contribution >= 4 is 42.2 Å². The lowest BCUT2D eigenvalue weighted by molar-refractivity contribution is -0.142. The highest BCUT2D eigenvalue weighted by Crippen LogP contribution is 2.07. The van der Waals surface area contributed by atoms with Gasteiger partial charge in [0.15, 0.2) is 0 Å².